The summed E-state index contributed by atoms with van der Waals surface area (Å²) in [6, 6.07) is 5.91. The van der Waals surface area contributed by atoms with Crippen LogP contribution in [-0.2, 0) is 16.1 Å². The van der Waals surface area contributed by atoms with Crippen LogP contribution < -0.4 is 14.8 Å². The molecule has 1 atom stereocenters. The van der Waals surface area contributed by atoms with E-state index in [9.17, 15) is 4.79 Å². The number of rotatable bonds is 7. The number of carbonyl (C=O) groups excluding carboxylic acids is 1. The second kappa shape index (κ2) is 11.1. The van der Waals surface area contributed by atoms with E-state index in [-0.39, 0.29) is 12.0 Å². The quantitative estimate of drug-likeness (QED) is 0.538. The molecular weight excluding hydrogens is 384 g/mol. The van der Waals surface area contributed by atoms with Gasteiger partial charge in [-0.15, -0.1) is 0 Å². The number of methoxy groups -OCH3 is 1. The third-order valence-electron chi connectivity index (χ3n) is 5.37. The largest absolute Gasteiger partial charge is 0.493 e. The molecule has 1 unspecified atom stereocenters. The summed E-state index contributed by atoms with van der Waals surface area (Å²) >= 11 is 0. The maximum atomic E-state index is 12.6. The van der Waals surface area contributed by atoms with Gasteiger partial charge in [-0.2, -0.15) is 0 Å². The van der Waals surface area contributed by atoms with E-state index in [1.807, 2.05) is 30.0 Å². The van der Waals surface area contributed by atoms with Crippen LogP contribution in [0.3, 0.4) is 0 Å². The van der Waals surface area contributed by atoms with E-state index in [2.05, 4.69) is 17.1 Å². The van der Waals surface area contributed by atoms with Gasteiger partial charge in [0, 0.05) is 39.3 Å². The number of nitrogens with zero attached hydrogens (tertiary/aromatic N) is 3. The van der Waals surface area contributed by atoms with E-state index < -0.39 is 0 Å². The Kier molecular flexibility index (Phi) is 8.19. The van der Waals surface area contributed by atoms with Crippen molar-refractivity contribution in [2.45, 2.75) is 39.3 Å². The number of carbonyl (C=O) groups is 1. The lowest BCUT2D eigenvalue weighted by atomic mass is 10.2. The highest BCUT2D eigenvalue weighted by Crippen LogP contribution is 2.28. The lowest BCUT2D eigenvalue weighted by molar-refractivity contribution is -0.142. The van der Waals surface area contributed by atoms with E-state index in [0.29, 0.717) is 32.8 Å². The highest BCUT2D eigenvalue weighted by Gasteiger charge is 2.30. The van der Waals surface area contributed by atoms with Crippen molar-refractivity contribution in [3.05, 3.63) is 23.8 Å². The van der Waals surface area contributed by atoms with Gasteiger partial charge in [0.2, 0.25) is 0 Å². The molecule has 0 saturated carbocycles. The predicted molar refractivity (Wildman–Crippen MR) is 116 cm³/mol. The summed E-state index contributed by atoms with van der Waals surface area (Å²) in [5, 5.41) is 3.37. The van der Waals surface area contributed by atoms with Crippen LogP contribution in [-0.4, -0.2) is 80.8 Å². The number of amides is 1. The van der Waals surface area contributed by atoms with Crippen molar-refractivity contribution in [1.29, 1.82) is 0 Å². The van der Waals surface area contributed by atoms with Crippen LogP contribution in [0, 0.1) is 0 Å². The van der Waals surface area contributed by atoms with Gasteiger partial charge < -0.3 is 29.3 Å². The molecule has 1 aromatic rings. The molecule has 2 saturated heterocycles. The van der Waals surface area contributed by atoms with Gasteiger partial charge in [-0.25, -0.2) is 4.99 Å². The predicted octanol–water partition coefficient (Wildman–Crippen LogP) is 1.88. The molecule has 2 aliphatic rings. The summed E-state index contributed by atoms with van der Waals surface area (Å²) in [6.45, 7) is 9.55. The van der Waals surface area contributed by atoms with Gasteiger partial charge in [-0.3, -0.25) is 4.79 Å². The minimum Gasteiger partial charge on any atom is -0.493 e. The van der Waals surface area contributed by atoms with Crippen molar-refractivity contribution in [1.82, 2.24) is 15.1 Å². The summed E-state index contributed by atoms with van der Waals surface area (Å²) in [7, 11) is 1.65. The van der Waals surface area contributed by atoms with E-state index in [4.69, 9.17) is 19.2 Å². The van der Waals surface area contributed by atoms with Gasteiger partial charge in [0.05, 0.1) is 20.3 Å². The smallest absolute Gasteiger partial charge is 0.251 e. The van der Waals surface area contributed by atoms with Gasteiger partial charge in [0.1, 0.15) is 6.10 Å². The maximum Gasteiger partial charge on any atom is 0.251 e. The highest BCUT2D eigenvalue weighted by atomic mass is 16.5. The van der Waals surface area contributed by atoms with Gasteiger partial charge in [-0.1, -0.05) is 6.07 Å². The van der Waals surface area contributed by atoms with E-state index in [1.165, 1.54) is 0 Å². The molecule has 1 aromatic carbocycles. The van der Waals surface area contributed by atoms with Crippen LogP contribution in [0.5, 0.6) is 11.5 Å². The molecule has 1 amide bonds. The Bertz CT molecular complexity index is 726. The van der Waals surface area contributed by atoms with Crippen molar-refractivity contribution >= 4 is 11.9 Å². The molecule has 8 nitrogen and oxygen atoms in total. The maximum absolute atomic E-state index is 12.6. The van der Waals surface area contributed by atoms with Crippen LogP contribution in [0.4, 0.5) is 0 Å². The number of hydrogen-bond acceptors (Lipinski definition) is 5. The molecule has 0 bridgehead atoms. The highest BCUT2D eigenvalue weighted by molar-refractivity contribution is 5.82. The number of piperazine rings is 1. The molecule has 2 heterocycles. The van der Waals surface area contributed by atoms with Crippen molar-refractivity contribution in [2.24, 2.45) is 4.99 Å². The van der Waals surface area contributed by atoms with Crippen LogP contribution in [0.1, 0.15) is 32.3 Å². The summed E-state index contributed by atoms with van der Waals surface area (Å²) < 4.78 is 16.6. The molecule has 8 heteroatoms. The Morgan fingerprint density at radius 1 is 1.20 bits per heavy atom. The van der Waals surface area contributed by atoms with E-state index in [0.717, 1.165) is 55.5 Å². The van der Waals surface area contributed by atoms with Crippen LogP contribution in [0.15, 0.2) is 23.2 Å². The van der Waals surface area contributed by atoms with Crippen LogP contribution in [0.2, 0.25) is 0 Å². The Balaban J connectivity index is 1.60. The lowest BCUT2D eigenvalue weighted by Crippen LogP contribution is -2.55. The molecule has 0 radical (unpaired) electrons. The molecule has 2 fully saturated rings. The fourth-order valence-corrected chi connectivity index (χ4v) is 3.79. The van der Waals surface area contributed by atoms with E-state index >= 15 is 0 Å². The third-order valence-corrected chi connectivity index (χ3v) is 5.37. The fraction of sp³-hybridized carbons (Fsp3) is 0.636. The van der Waals surface area contributed by atoms with Crippen LogP contribution >= 0.6 is 0 Å². The molecule has 2 aliphatic heterocycles. The first-order chi connectivity index (χ1) is 14.7. The number of guanidine groups is 1. The second-order valence-corrected chi connectivity index (χ2v) is 7.40. The minimum atomic E-state index is -0.243. The molecule has 0 aromatic heterocycles. The molecule has 1 N–H and O–H groups in total. The lowest BCUT2D eigenvalue weighted by Gasteiger charge is -2.37. The standard InChI is InChI=1S/C22H34N4O4/c1-4-23-22(24-16-17-8-9-18(29-5-2)20(15-17)28-3)26-12-10-25(11-13-26)21(27)19-7-6-14-30-19/h8-9,15,19H,4-7,10-14,16H2,1-3H3,(H,23,24). The van der Waals surface area contributed by atoms with Gasteiger partial charge >= 0.3 is 0 Å². The molecule has 0 spiro atoms. The Hall–Kier alpha value is -2.48. The fourth-order valence-electron chi connectivity index (χ4n) is 3.79. The van der Waals surface area contributed by atoms with Crippen molar-refractivity contribution in [2.75, 3.05) is 53.0 Å². The summed E-state index contributed by atoms with van der Waals surface area (Å²) in [5.74, 6) is 2.47. The average Bonchev–Trinajstić information content (AvgIpc) is 3.32. The minimum absolute atomic E-state index is 0.135. The first-order valence-electron chi connectivity index (χ1n) is 10.9. The monoisotopic (exact) mass is 418 g/mol. The molecule has 3 rings (SSSR count). The average molecular weight is 419 g/mol. The van der Waals surface area contributed by atoms with Crippen LogP contribution in [0.25, 0.3) is 0 Å². The number of benzene rings is 1. The van der Waals surface area contributed by atoms with Crippen molar-refractivity contribution in [3.8, 4) is 11.5 Å². The Morgan fingerprint density at radius 3 is 2.60 bits per heavy atom. The normalized spacial score (nSPS) is 19.7. The summed E-state index contributed by atoms with van der Waals surface area (Å²) in [6.07, 6.45) is 1.58. The first-order valence-corrected chi connectivity index (χ1v) is 10.9. The SMILES string of the molecule is CCNC(=NCc1ccc(OCC)c(OC)c1)N1CCN(C(=O)C2CCCO2)CC1. The zero-order valence-electron chi connectivity index (χ0n) is 18.4. The summed E-state index contributed by atoms with van der Waals surface area (Å²) in [5.41, 5.74) is 1.05. The molecule has 166 valence electrons. The van der Waals surface area contributed by atoms with E-state index in [1.54, 1.807) is 7.11 Å². The molecule has 0 aliphatic carbocycles. The Labute approximate surface area is 179 Å². The Morgan fingerprint density at radius 2 is 1.97 bits per heavy atom. The van der Waals surface area contributed by atoms with Gasteiger partial charge in [0.25, 0.3) is 5.91 Å². The topological polar surface area (TPSA) is 75.6 Å². The zero-order valence-corrected chi connectivity index (χ0v) is 18.4. The van der Waals surface area contributed by atoms with Gasteiger partial charge in [0.15, 0.2) is 17.5 Å². The molecular formula is C22H34N4O4. The number of nitrogens with one attached hydrogen (secondary N) is 1. The third kappa shape index (κ3) is 5.56. The number of hydrogen-bond donors (Lipinski definition) is 1. The number of aliphatic imine (C=N–C) groups is 1. The molecule has 30 heavy (non-hydrogen) atoms. The van der Waals surface area contributed by atoms with Gasteiger partial charge in [-0.05, 0) is 44.4 Å². The zero-order chi connectivity index (χ0) is 21.3. The first kappa shape index (κ1) is 22.2. The van der Waals surface area contributed by atoms with Crippen molar-refractivity contribution in [3.63, 3.8) is 0 Å². The second-order valence-electron chi connectivity index (χ2n) is 7.40. The summed E-state index contributed by atoms with van der Waals surface area (Å²) in [4.78, 5) is 21.5. The van der Waals surface area contributed by atoms with Crippen molar-refractivity contribution < 1.29 is 19.0 Å². The number of ether oxygens (including phenoxy) is 3.